The number of morpholine rings is 1. The van der Waals surface area contributed by atoms with Gasteiger partial charge in [0.05, 0.1) is 13.2 Å². The second kappa shape index (κ2) is 6.79. The Morgan fingerprint density at radius 2 is 1.92 bits per heavy atom. The van der Waals surface area contributed by atoms with E-state index in [1.807, 2.05) is 19.1 Å². The minimum Gasteiger partial charge on any atom is -0.370 e. The fourth-order valence-electron chi connectivity index (χ4n) is 2.77. The highest BCUT2D eigenvalue weighted by molar-refractivity contribution is 6.30. The summed E-state index contributed by atoms with van der Waals surface area (Å²) in [5, 5.41) is 0.658. The number of nitrogens with zero attached hydrogens (tertiary/aromatic N) is 2. The largest absolute Gasteiger partial charge is 0.370 e. The number of pyridine rings is 1. The number of ether oxygens (including phenoxy) is 1. The molecule has 0 aliphatic carbocycles. The maximum atomic E-state index is 12.8. The highest BCUT2D eigenvalue weighted by atomic mass is 35.5. The molecule has 1 aromatic carbocycles. The fraction of sp³-hybridized carbons (Fsp3) is 0.333. The predicted octanol–water partition coefficient (Wildman–Crippen LogP) is 2.56. The van der Waals surface area contributed by atoms with Crippen LogP contribution in [0.25, 0.3) is 0 Å². The zero-order chi connectivity index (χ0) is 17.3. The number of amides is 1. The lowest BCUT2D eigenvalue weighted by molar-refractivity contribution is -0.0229. The predicted molar refractivity (Wildman–Crippen MR) is 92.5 cm³/mol. The molecule has 1 fully saturated rings. The second-order valence-electron chi connectivity index (χ2n) is 5.91. The number of benzene rings is 1. The molecule has 0 bridgehead atoms. The molecule has 6 heteroatoms. The van der Waals surface area contributed by atoms with E-state index >= 15 is 0 Å². The van der Waals surface area contributed by atoms with E-state index in [0.29, 0.717) is 24.7 Å². The van der Waals surface area contributed by atoms with Gasteiger partial charge in [0.1, 0.15) is 11.7 Å². The highest BCUT2D eigenvalue weighted by Gasteiger charge is 2.27. The average Bonchev–Trinajstić information content (AvgIpc) is 2.60. The van der Waals surface area contributed by atoms with Crippen LogP contribution in [0.4, 0.5) is 0 Å². The quantitative estimate of drug-likeness (QED) is 0.839. The Balaban J connectivity index is 1.82. The minimum atomic E-state index is -0.269. The van der Waals surface area contributed by atoms with Crippen molar-refractivity contribution in [3.63, 3.8) is 0 Å². The molecule has 0 spiro atoms. The molecule has 126 valence electrons. The number of aryl methyl sites for hydroxylation is 1. The maximum absolute atomic E-state index is 12.8. The van der Waals surface area contributed by atoms with Crippen LogP contribution in [-0.2, 0) is 11.8 Å². The van der Waals surface area contributed by atoms with Crippen LogP contribution in [0, 0.1) is 6.92 Å². The van der Waals surface area contributed by atoms with Crippen LogP contribution in [0.1, 0.15) is 27.7 Å². The van der Waals surface area contributed by atoms with Gasteiger partial charge in [0, 0.05) is 24.3 Å². The third-order valence-corrected chi connectivity index (χ3v) is 4.63. The van der Waals surface area contributed by atoms with Gasteiger partial charge < -0.3 is 14.2 Å². The average molecular weight is 347 g/mol. The number of carbonyl (C=O) groups is 1. The van der Waals surface area contributed by atoms with E-state index in [4.69, 9.17) is 16.3 Å². The third-order valence-electron chi connectivity index (χ3n) is 4.38. The molecule has 24 heavy (non-hydrogen) atoms. The molecule has 2 heterocycles. The van der Waals surface area contributed by atoms with E-state index in [2.05, 4.69) is 0 Å². The van der Waals surface area contributed by atoms with Gasteiger partial charge in [-0.1, -0.05) is 23.7 Å². The van der Waals surface area contributed by atoms with Gasteiger partial charge in [0.15, 0.2) is 0 Å². The molecular formula is C18H19ClN2O3. The van der Waals surface area contributed by atoms with E-state index in [1.54, 1.807) is 36.2 Å². The topological polar surface area (TPSA) is 51.5 Å². The summed E-state index contributed by atoms with van der Waals surface area (Å²) in [7, 11) is 1.67. The van der Waals surface area contributed by atoms with Gasteiger partial charge in [-0.15, -0.1) is 0 Å². The van der Waals surface area contributed by atoms with Crippen molar-refractivity contribution < 1.29 is 9.53 Å². The van der Waals surface area contributed by atoms with Crippen molar-refractivity contribution in [2.24, 2.45) is 7.05 Å². The summed E-state index contributed by atoms with van der Waals surface area (Å²) < 4.78 is 7.26. The van der Waals surface area contributed by atoms with Gasteiger partial charge in [0.2, 0.25) is 0 Å². The van der Waals surface area contributed by atoms with Crippen LogP contribution in [-0.4, -0.2) is 35.1 Å². The molecule has 1 amide bonds. The summed E-state index contributed by atoms with van der Waals surface area (Å²) in [6, 6.07) is 10.8. The van der Waals surface area contributed by atoms with Gasteiger partial charge in [0.25, 0.3) is 11.5 Å². The zero-order valence-corrected chi connectivity index (χ0v) is 14.4. The van der Waals surface area contributed by atoms with Gasteiger partial charge in [-0.25, -0.2) is 0 Å². The van der Waals surface area contributed by atoms with Crippen LogP contribution in [0.15, 0.2) is 41.2 Å². The monoisotopic (exact) mass is 346 g/mol. The number of rotatable bonds is 2. The number of aromatic nitrogens is 1. The van der Waals surface area contributed by atoms with Crippen LogP contribution in [0.5, 0.6) is 0 Å². The van der Waals surface area contributed by atoms with Crippen molar-refractivity contribution in [1.29, 1.82) is 0 Å². The molecule has 0 N–H and O–H groups in total. The molecule has 1 atom stereocenters. The highest BCUT2D eigenvalue weighted by Crippen LogP contribution is 2.24. The molecule has 3 rings (SSSR count). The molecule has 1 saturated heterocycles. The van der Waals surface area contributed by atoms with Crippen molar-refractivity contribution >= 4 is 17.5 Å². The summed E-state index contributed by atoms with van der Waals surface area (Å²) in [6.07, 6.45) is -0.214. The Hall–Kier alpha value is -2.11. The Morgan fingerprint density at radius 1 is 1.21 bits per heavy atom. The molecule has 1 aliphatic rings. The molecule has 0 unspecified atom stereocenters. The molecule has 2 aromatic rings. The van der Waals surface area contributed by atoms with Crippen molar-refractivity contribution in [2.75, 3.05) is 19.7 Å². The normalized spacial score (nSPS) is 17.8. The number of hydrogen-bond acceptors (Lipinski definition) is 3. The van der Waals surface area contributed by atoms with Gasteiger partial charge in [-0.05, 0) is 36.8 Å². The Morgan fingerprint density at radius 3 is 2.62 bits per heavy atom. The van der Waals surface area contributed by atoms with Crippen LogP contribution < -0.4 is 5.56 Å². The number of halogens is 1. The Labute approximate surface area is 145 Å². The van der Waals surface area contributed by atoms with Gasteiger partial charge in [-0.3, -0.25) is 9.59 Å². The van der Waals surface area contributed by atoms with Crippen molar-refractivity contribution in [3.05, 3.63) is 68.6 Å². The Kier molecular flexibility index (Phi) is 4.73. The van der Waals surface area contributed by atoms with Crippen molar-refractivity contribution in [3.8, 4) is 0 Å². The van der Waals surface area contributed by atoms with Crippen LogP contribution >= 0.6 is 11.6 Å². The molecule has 1 aliphatic heterocycles. The second-order valence-corrected chi connectivity index (χ2v) is 6.35. The summed E-state index contributed by atoms with van der Waals surface area (Å²) in [4.78, 5) is 26.8. The Bertz CT molecular complexity index is 814. The summed E-state index contributed by atoms with van der Waals surface area (Å²) in [6.45, 7) is 3.16. The lowest BCUT2D eigenvalue weighted by atomic mass is 10.1. The third kappa shape index (κ3) is 3.23. The van der Waals surface area contributed by atoms with Crippen LogP contribution in [0.2, 0.25) is 5.02 Å². The lowest BCUT2D eigenvalue weighted by Gasteiger charge is -2.33. The maximum Gasteiger partial charge on any atom is 0.263 e. The first-order chi connectivity index (χ1) is 11.5. The molecule has 0 saturated carbocycles. The van der Waals surface area contributed by atoms with E-state index < -0.39 is 0 Å². The SMILES string of the molecule is Cc1ccc(C(=O)N2CCO[C@@H](c3ccc(Cl)cc3)C2)c(=O)n1C. The van der Waals surface area contributed by atoms with E-state index in [1.165, 1.54) is 4.57 Å². The van der Waals surface area contributed by atoms with E-state index in [9.17, 15) is 9.59 Å². The summed E-state index contributed by atoms with van der Waals surface area (Å²) in [5.74, 6) is -0.252. The number of carbonyl (C=O) groups excluding carboxylic acids is 1. The van der Waals surface area contributed by atoms with E-state index in [0.717, 1.165) is 11.3 Å². The van der Waals surface area contributed by atoms with Gasteiger partial charge >= 0.3 is 0 Å². The lowest BCUT2D eigenvalue weighted by Crippen LogP contribution is -2.44. The molecule has 5 nitrogen and oxygen atoms in total. The number of hydrogen-bond donors (Lipinski definition) is 0. The molecule has 0 radical (unpaired) electrons. The zero-order valence-electron chi connectivity index (χ0n) is 13.7. The minimum absolute atomic E-state index is 0.194. The van der Waals surface area contributed by atoms with Crippen LogP contribution in [0.3, 0.4) is 0 Å². The first-order valence-corrected chi connectivity index (χ1v) is 8.18. The van der Waals surface area contributed by atoms with Gasteiger partial charge in [-0.2, -0.15) is 0 Å². The van der Waals surface area contributed by atoms with Crippen molar-refractivity contribution in [2.45, 2.75) is 13.0 Å². The van der Waals surface area contributed by atoms with E-state index in [-0.39, 0.29) is 23.1 Å². The molecule has 1 aromatic heterocycles. The smallest absolute Gasteiger partial charge is 0.263 e. The first-order valence-electron chi connectivity index (χ1n) is 7.80. The standard InChI is InChI=1S/C18H19ClN2O3/c1-12-3-8-15(17(22)20(12)2)18(23)21-9-10-24-16(11-21)13-4-6-14(19)7-5-13/h3-8,16H,9-11H2,1-2H3/t16-/m1/s1. The summed E-state index contributed by atoms with van der Waals surface area (Å²) in [5.41, 5.74) is 1.71. The molecular weight excluding hydrogens is 328 g/mol. The fourth-order valence-corrected chi connectivity index (χ4v) is 2.90. The first kappa shape index (κ1) is 16.7. The van der Waals surface area contributed by atoms with Crippen molar-refractivity contribution in [1.82, 2.24) is 9.47 Å². The summed E-state index contributed by atoms with van der Waals surface area (Å²) >= 11 is 5.91.